The number of nitrogens with one attached hydrogen (secondary N) is 2. The maximum atomic E-state index is 8.88. The van der Waals surface area contributed by atoms with Gasteiger partial charge < -0.3 is 10.6 Å². The fraction of sp³-hybridized carbons (Fsp3) is 0.0909. The van der Waals surface area contributed by atoms with Gasteiger partial charge in [-0.15, -0.1) is 0 Å². The summed E-state index contributed by atoms with van der Waals surface area (Å²) in [7, 11) is 0. The molecular weight excluding hydrogens is 348 g/mol. The Labute approximate surface area is 164 Å². The van der Waals surface area contributed by atoms with E-state index in [0.29, 0.717) is 17.3 Å². The van der Waals surface area contributed by atoms with Crippen LogP contribution in [0.5, 0.6) is 0 Å². The number of hydrogen-bond donors (Lipinski definition) is 2. The van der Waals surface area contributed by atoms with Crippen LogP contribution in [0.2, 0.25) is 0 Å². The van der Waals surface area contributed by atoms with Crippen LogP contribution in [0.15, 0.2) is 54.9 Å². The minimum atomic E-state index is 0.460. The molecule has 0 amide bonds. The molecule has 28 heavy (non-hydrogen) atoms. The van der Waals surface area contributed by atoms with Crippen molar-refractivity contribution in [1.82, 2.24) is 9.97 Å². The van der Waals surface area contributed by atoms with Gasteiger partial charge in [-0.1, -0.05) is 18.2 Å². The maximum absolute atomic E-state index is 8.88. The van der Waals surface area contributed by atoms with Gasteiger partial charge in [0, 0.05) is 17.6 Å². The smallest absolute Gasteiger partial charge is 0.229 e. The average molecular weight is 366 g/mol. The van der Waals surface area contributed by atoms with Crippen molar-refractivity contribution >= 4 is 29.2 Å². The van der Waals surface area contributed by atoms with Crippen molar-refractivity contribution in [3.05, 3.63) is 88.5 Å². The van der Waals surface area contributed by atoms with Gasteiger partial charge in [0.05, 0.1) is 18.2 Å². The van der Waals surface area contributed by atoms with Crippen LogP contribution in [0.1, 0.15) is 22.3 Å². The molecule has 3 rings (SSSR count). The van der Waals surface area contributed by atoms with Crippen molar-refractivity contribution in [2.24, 2.45) is 0 Å². The lowest BCUT2D eigenvalue weighted by molar-refractivity contribution is 1.16. The molecule has 0 radical (unpaired) electrons. The van der Waals surface area contributed by atoms with E-state index in [9.17, 15) is 0 Å². The lowest BCUT2D eigenvalue weighted by Gasteiger charge is -2.14. The molecular formula is C22H18N6. The molecule has 0 fully saturated rings. The van der Waals surface area contributed by atoms with Crippen molar-refractivity contribution in [1.29, 1.82) is 5.26 Å². The first-order valence-corrected chi connectivity index (χ1v) is 8.60. The minimum Gasteiger partial charge on any atom is -0.340 e. The number of rotatable bonds is 5. The monoisotopic (exact) mass is 366 g/mol. The first-order chi connectivity index (χ1) is 13.6. The second-order valence-electron chi connectivity index (χ2n) is 6.18. The number of nitrogens with zero attached hydrogens (tertiary/aromatic N) is 4. The number of benzene rings is 2. The summed E-state index contributed by atoms with van der Waals surface area (Å²) in [6.07, 6.45) is 4.92. The predicted molar refractivity (Wildman–Crippen MR) is 111 cm³/mol. The van der Waals surface area contributed by atoms with Gasteiger partial charge in [0.1, 0.15) is 5.82 Å². The zero-order valence-corrected chi connectivity index (χ0v) is 15.6. The Morgan fingerprint density at radius 3 is 2.43 bits per heavy atom. The molecule has 3 aromatic rings. The Balaban J connectivity index is 1.80. The van der Waals surface area contributed by atoms with Crippen LogP contribution in [-0.2, 0) is 0 Å². The van der Waals surface area contributed by atoms with Crippen LogP contribution >= 0.6 is 0 Å². The third-order valence-electron chi connectivity index (χ3n) is 4.08. The number of aryl methyl sites for hydroxylation is 2. The largest absolute Gasteiger partial charge is 0.340 e. The highest BCUT2D eigenvalue weighted by Crippen LogP contribution is 2.26. The van der Waals surface area contributed by atoms with Crippen LogP contribution < -0.4 is 10.6 Å². The second kappa shape index (κ2) is 8.48. The molecule has 0 bridgehead atoms. The molecule has 0 unspecified atom stereocenters. The summed E-state index contributed by atoms with van der Waals surface area (Å²) in [5.41, 5.74) is 5.49. The van der Waals surface area contributed by atoms with Gasteiger partial charge in [0.2, 0.25) is 5.95 Å². The van der Waals surface area contributed by atoms with Crippen LogP contribution in [0.3, 0.4) is 0 Å². The molecule has 0 saturated heterocycles. The van der Waals surface area contributed by atoms with Crippen LogP contribution in [-0.4, -0.2) is 9.97 Å². The van der Waals surface area contributed by atoms with E-state index in [1.807, 2.05) is 38.1 Å². The van der Waals surface area contributed by atoms with E-state index < -0.39 is 0 Å². The average Bonchev–Trinajstić information content (AvgIpc) is 2.70. The topological polar surface area (TPSA) is 78.0 Å². The summed E-state index contributed by atoms with van der Waals surface area (Å²) < 4.78 is 0. The van der Waals surface area contributed by atoms with Crippen LogP contribution in [0.25, 0.3) is 10.9 Å². The SMILES string of the molecule is [C-]#[N+]/C=C/c1cc(C)c(Nc2ccnc(Nc3ccc(C#N)cc3)n2)c(C)c1. The Kier molecular flexibility index (Phi) is 5.64. The lowest BCUT2D eigenvalue weighted by Crippen LogP contribution is -2.02. The lowest BCUT2D eigenvalue weighted by atomic mass is 10.0. The van der Waals surface area contributed by atoms with E-state index in [-0.39, 0.29) is 0 Å². The highest BCUT2D eigenvalue weighted by Gasteiger charge is 2.07. The van der Waals surface area contributed by atoms with Crippen molar-refractivity contribution in [2.45, 2.75) is 13.8 Å². The number of hydrogen-bond acceptors (Lipinski definition) is 5. The standard InChI is InChI=1S/C22H18N6/c1-15-12-18(8-10-24-3)13-16(2)21(15)27-20-9-11-25-22(28-20)26-19-6-4-17(14-23)5-7-19/h4-13H,1-2H3,(H2,25,26,27,28)/b10-8+. The molecule has 0 aliphatic rings. The predicted octanol–water partition coefficient (Wildman–Crippen LogP) is 5.34. The van der Waals surface area contributed by atoms with Gasteiger partial charge in [0.25, 0.3) is 0 Å². The molecule has 0 spiro atoms. The molecule has 2 aromatic carbocycles. The highest BCUT2D eigenvalue weighted by molar-refractivity contribution is 5.69. The summed E-state index contributed by atoms with van der Waals surface area (Å²) in [5.74, 6) is 1.13. The first-order valence-electron chi connectivity index (χ1n) is 8.60. The molecule has 1 aromatic heterocycles. The molecule has 0 atom stereocenters. The number of anilines is 4. The summed E-state index contributed by atoms with van der Waals surface area (Å²) in [6, 6.07) is 15.0. The van der Waals surface area contributed by atoms with Crippen molar-refractivity contribution < 1.29 is 0 Å². The first kappa shape index (κ1) is 18.6. The zero-order chi connectivity index (χ0) is 19.9. The Morgan fingerprint density at radius 2 is 1.79 bits per heavy atom. The Hall–Kier alpha value is -4.16. The summed E-state index contributed by atoms with van der Waals surface area (Å²) in [4.78, 5) is 12.0. The molecule has 0 aliphatic heterocycles. The van der Waals surface area contributed by atoms with Gasteiger partial charge in [0.15, 0.2) is 6.20 Å². The van der Waals surface area contributed by atoms with Gasteiger partial charge in [-0.3, -0.25) is 0 Å². The van der Waals surface area contributed by atoms with Crippen LogP contribution in [0, 0.1) is 31.8 Å². The fourth-order valence-electron chi connectivity index (χ4n) is 2.79. The summed E-state index contributed by atoms with van der Waals surface area (Å²) >= 11 is 0. The Morgan fingerprint density at radius 1 is 1.07 bits per heavy atom. The van der Waals surface area contributed by atoms with Crippen molar-refractivity contribution in [3.8, 4) is 6.07 Å². The van der Waals surface area contributed by atoms with Crippen molar-refractivity contribution in [2.75, 3.05) is 10.6 Å². The van der Waals surface area contributed by atoms with Gasteiger partial charge in [-0.25, -0.2) is 9.83 Å². The van der Waals surface area contributed by atoms with E-state index in [0.717, 1.165) is 28.1 Å². The van der Waals surface area contributed by atoms with E-state index in [1.54, 1.807) is 30.5 Å². The molecule has 0 aliphatic carbocycles. The second-order valence-corrected chi connectivity index (χ2v) is 6.18. The van der Waals surface area contributed by atoms with Gasteiger partial charge in [-0.05, 0) is 60.9 Å². The van der Waals surface area contributed by atoms with Crippen molar-refractivity contribution in [3.63, 3.8) is 0 Å². The van der Waals surface area contributed by atoms with E-state index in [4.69, 9.17) is 11.8 Å². The van der Waals surface area contributed by atoms with E-state index >= 15 is 0 Å². The quantitative estimate of drug-likeness (QED) is 0.596. The molecule has 0 saturated carbocycles. The minimum absolute atomic E-state index is 0.460. The van der Waals surface area contributed by atoms with E-state index in [2.05, 4.69) is 31.5 Å². The Bertz CT molecular complexity index is 1080. The normalized spacial score (nSPS) is 10.3. The summed E-state index contributed by atoms with van der Waals surface area (Å²) in [5, 5.41) is 15.4. The van der Waals surface area contributed by atoms with E-state index in [1.165, 1.54) is 6.20 Å². The molecule has 1 heterocycles. The zero-order valence-electron chi connectivity index (χ0n) is 15.6. The number of nitriles is 1. The summed E-state index contributed by atoms with van der Waals surface area (Å²) in [6.45, 7) is 10.9. The third kappa shape index (κ3) is 4.51. The van der Waals surface area contributed by atoms with Gasteiger partial charge >= 0.3 is 0 Å². The molecule has 2 N–H and O–H groups in total. The molecule has 136 valence electrons. The highest BCUT2D eigenvalue weighted by atomic mass is 15.1. The number of aromatic nitrogens is 2. The maximum Gasteiger partial charge on any atom is 0.229 e. The van der Waals surface area contributed by atoms with Crippen LogP contribution in [0.4, 0.5) is 23.1 Å². The third-order valence-corrected chi connectivity index (χ3v) is 4.08. The molecule has 6 nitrogen and oxygen atoms in total. The molecule has 6 heteroatoms. The fourth-order valence-corrected chi connectivity index (χ4v) is 2.79. The van der Waals surface area contributed by atoms with Gasteiger partial charge in [-0.2, -0.15) is 10.2 Å².